The number of piperazine rings is 1. The summed E-state index contributed by atoms with van der Waals surface area (Å²) in [4.78, 5) is 16.1. The SMILES string of the molecule is Cn1ncc2c(N)nc(N3CCN(Cc4ccc(-c5cccc(F)c5)s4)CC3)nc21. The van der Waals surface area contributed by atoms with Crippen LogP contribution in [0, 0.1) is 5.82 Å². The first-order valence-corrected chi connectivity index (χ1v) is 10.7. The van der Waals surface area contributed by atoms with E-state index in [1.165, 1.54) is 10.9 Å². The number of hydrogen-bond donors (Lipinski definition) is 1. The molecular weight excluding hydrogens is 401 g/mol. The Morgan fingerprint density at radius 2 is 1.93 bits per heavy atom. The number of thiophene rings is 1. The lowest BCUT2D eigenvalue weighted by Gasteiger charge is -2.34. The Morgan fingerprint density at radius 1 is 1.10 bits per heavy atom. The summed E-state index contributed by atoms with van der Waals surface area (Å²) >= 11 is 1.72. The van der Waals surface area contributed by atoms with E-state index in [-0.39, 0.29) is 5.82 Å². The van der Waals surface area contributed by atoms with Crippen molar-refractivity contribution in [3.05, 3.63) is 53.3 Å². The molecule has 30 heavy (non-hydrogen) atoms. The Balaban J connectivity index is 1.24. The zero-order valence-electron chi connectivity index (χ0n) is 16.6. The van der Waals surface area contributed by atoms with Gasteiger partial charge in [-0.3, -0.25) is 9.58 Å². The van der Waals surface area contributed by atoms with Gasteiger partial charge in [0.1, 0.15) is 11.6 Å². The molecule has 1 aromatic carbocycles. The first-order chi connectivity index (χ1) is 14.6. The predicted octanol–water partition coefficient (Wildman–Crippen LogP) is 3.14. The van der Waals surface area contributed by atoms with E-state index >= 15 is 0 Å². The van der Waals surface area contributed by atoms with Crippen LogP contribution in [0.2, 0.25) is 0 Å². The number of halogens is 1. The molecule has 154 valence electrons. The zero-order chi connectivity index (χ0) is 20.7. The van der Waals surface area contributed by atoms with Gasteiger partial charge in [-0.1, -0.05) is 12.1 Å². The van der Waals surface area contributed by atoms with Crippen LogP contribution in [0.3, 0.4) is 0 Å². The van der Waals surface area contributed by atoms with Crippen LogP contribution in [0.1, 0.15) is 4.88 Å². The molecule has 9 heteroatoms. The molecule has 1 aliphatic heterocycles. The highest BCUT2D eigenvalue weighted by atomic mass is 32.1. The quantitative estimate of drug-likeness (QED) is 0.544. The molecule has 0 radical (unpaired) electrons. The molecule has 0 amide bonds. The molecule has 7 nitrogen and oxygen atoms in total. The summed E-state index contributed by atoms with van der Waals surface area (Å²) in [6.07, 6.45) is 1.70. The highest BCUT2D eigenvalue weighted by Crippen LogP contribution is 2.29. The Labute approximate surface area is 177 Å². The third-order valence-corrected chi connectivity index (χ3v) is 6.53. The maximum absolute atomic E-state index is 13.5. The van der Waals surface area contributed by atoms with E-state index in [0.29, 0.717) is 11.8 Å². The molecule has 4 heterocycles. The minimum atomic E-state index is -0.203. The maximum atomic E-state index is 13.5. The van der Waals surface area contributed by atoms with Crippen molar-refractivity contribution in [2.24, 2.45) is 7.05 Å². The summed E-state index contributed by atoms with van der Waals surface area (Å²) in [5.41, 5.74) is 7.78. The first kappa shape index (κ1) is 19.0. The van der Waals surface area contributed by atoms with Gasteiger partial charge in [-0.05, 0) is 29.8 Å². The number of nitrogens with two attached hydrogens (primary N) is 1. The summed E-state index contributed by atoms with van der Waals surface area (Å²) in [7, 11) is 1.86. The van der Waals surface area contributed by atoms with Crippen molar-refractivity contribution < 1.29 is 4.39 Å². The van der Waals surface area contributed by atoms with Gasteiger partial charge in [-0.15, -0.1) is 11.3 Å². The molecule has 2 N–H and O–H groups in total. The molecule has 5 rings (SSSR count). The number of aryl methyl sites for hydroxylation is 1. The topological polar surface area (TPSA) is 76.1 Å². The van der Waals surface area contributed by atoms with E-state index in [9.17, 15) is 4.39 Å². The zero-order valence-corrected chi connectivity index (χ0v) is 17.4. The van der Waals surface area contributed by atoms with Gasteiger partial charge in [-0.25, -0.2) is 4.39 Å². The molecular formula is C21H22FN7S. The Morgan fingerprint density at radius 3 is 2.73 bits per heavy atom. The Bertz CT molecular complexity index is 1190. The van der Waals surface area contributed by atoms with Gasteiger partial charge >= 0.3 is 0 Å². The number of rotatable bonds is 4. The van der Waals surface area contributed by atoms with Crippen LogP contribution in [-0.2, 0) is 13.6 Å². The number of benzene rings is 1. The monoisotopic (exact) mass is 423 g/mol. The average molecular weight is 424 g/mol. The van der Waals surface area contributed by atoms with Crippen LogP contribution in [-0.4, -0.2) is 50.8 Å². The third kappa shape index (κ3) is 3.61. The van der Waals surface area contributed by atoms with Gasteiger partial charge in [0, 0.05) is 49.5 Å². The Hall–Kier alpha value is -3.04. The van der Waals surface area contributed by atoms with E-state index in [4.69, 9.17) is 5.73 Å². The molecule has 0 atom stereocenters. The van der Waals surface area contributed by atoms with E-state index in [1.807, 2.05) is 13.1 Å². The van der Waals surface area contributed by atoms with E-state index in [1.54, 1.807) is 34.3 Å². The second-order valence-corrected chi connectivity index (χ2v) is 8.62. The van der Waals surface area contributed by atoms with Gasteiger partial charge in [-0.2, -0.15) is 15.1 Å². The number of nitrogen functional groups attached to an aromatic ring is 1. The highest BCUT2D eigenvalue weighted by Gasteiger charge is 2.21. The van der Waals surface area contributed by atoms with Crippen molar-refractivity contribution in [3.63, 3.8) is 0 Å². The summed E-state index contributed by atoms with van der Waals surface area (Å²) in [5.74, 6) is 0.924. The lowest BCUT2D eigenvalue weighted by atomic mass is 10.2. The van der Waals surface area contributed by atoms with Crippen LogP contribution >= 0.6 is 11.3 Å². The number of anilines is 2. The van der Waals surface area contributed by atoms with Crippen LogP contribution in [0.25, 0.3) is 21.5 Å². The molecule has 4 aromatic rings. The van der Waals surface area contributed by atoms with Crippen LogP contribution in [0.5, 0.6) is 0 Å². The number of nitrogens with zero attached hydrogens (tertiary/aromatic N) is 6. The fourth-order valence-electron chi connectivity index (χ4n) is 3.76. The second kappa shape index (κ2) is 7.66. The normalized spacial score (nSPS) is 15.2. The van der Waals surface area contributed by atoms with Crippen molar-refractivity contribution in [1.82, 2.24) is 24.6 Å². The summed E-state index contributed by atoms with van der Waals surface area (Å²) < 4.78 is 15.2. The molecule has 0 spiro atoms. The van der Waals surface area contributed by atoms with Gasteiger partial charge in [0.15, 0.2) is 5.65 Å². The summed E-state index contributed by atoms with van der Waals surface area (Å²) in [6.45, 7) is 4.40. The minimum Gasteiger partial charge on any atom is -0.383 e. The molecule has 0 aliphatic carbocycles. The standard InChI is InChI=1S/C21H22FN7S/c1-27-20-17(12-24-27)19(23)25-21(26-20)29-9-7-28(8-10-29)13-16-5-6-18(30-16)14-3-2-4-15(22)11-14/h2-6,11-12H,7-10,13H2,1H3,(H2,23,25,26). The molecule has 1 saturated heterocycles. The van der Waals surface area contributed by atoms with Gasteiger partial charge in [0.25, 0.3) is 0 Å². The van der Waals surface area contributed by atoms with E-state index < -0.39 is 0 Å². The fraction of sp³-hybridized carbons (Fsp3) is 0.286. The lowest BCUT2D eigenvalue weighted by molar-refractivity contribution is 0.251. The highest BCUT2D eigenvalue weighted by molar-refractivity contribution is 7.15. The molecule has 0 unspecified atom stereocenters. The molecule has 0 bridgehead atoms. The van der Waals surface area contributed by atoms with Gasteiger partial charge in [0.2, 0.25) is 5.95 Å². The Kier molecular flexibility index (Phi) is 4.84. The number of fused-ring (bicyclic) bond motifs is 1. The van der Waals surface area contributed by atoms with Crippen molar-refractivity contribution in [3.8, 4) is 10.4 Å². The minimum absolute atomic E-state index is 0.203. The van der Waals surface area contributed by atoms with Crippen LogP contribution < -0.4 is 10.6 Å². The molecule has 1 aliphatic rings. The number of hydrogen-bond acceptors (Lipinski definition) is 7. The van der Waals surface area contributed by atoms with Crippen molar-refractivity contribution in [1.29, 1.82) is 0 Å². The largest absolute Gasteiger partial charge is 0.383 e. The van der Waals surface area contributed by atoms with Crippen molar-refractivity contribution in [2.75, 3.05) is 36.8 Å². The van der Waals surface area contributed by atoms with E-state index in [2.05, 4.69) is 37.0 Å². The second-order valence-electron chi connectivity index (χ2n) is 7.45. The number of aromatic nitrogens is 4. The third-order valence-electron chi connectivity index (χ3n) is 5.42. The first-order valence-electron chi connectivity index (χ1n) is 9.84. The van der Waals surface area contributed by atoms with E-state index in [0.717, 1.165) is 54.2 Å². The summed E-state index contributed by atoms with van der Waals surface area (Å²) in [5, 5.41) is 5.00. The van der Waals surface area contributed by atoms with Crippen molar-refractivity contribution >= 4 is 34.1 Å². The fourth-order valence-corrected chi connectivity index (χ4v) is 4.81. The molecule has 3 aromatic heterocycles. The van der Waals surface area contributed by atoms with Gasteiger partial charge < -0.3 is 10.6 Å². The van der Waals surface area contributed by atoms with Gasteiger partial charge in [0.05, 0.1) is 11.6 Å². The molecule has 1 fully saturated rings. The van der Waals surface area contributed by atoms with Crippen molar-refractivity contribution in [2.45, 2.75) is 6.54 Å². The van der Waals surface area contributed by atoms with Crippen LogP contribution in [0.15, 0.2) is 42.6 Å². The smallest absolute Gasteiger partial charge is 0.229 e. The predicted molar refractivity (Wildman–Crippen MR) is 118 cm³/mol. The summed E-state index contributed by atoms with van der Waals surface area (Å²) in [6, 6.07) is 11.0. The average Bonchev–Trinajstić information content (AvgIpc) is 3.36. The van der Waals surface area contributed by atoms with Crippen LogP contribution in [0.4, 0.5) is 16.2 Å². The molecule has 0 saturated carbocycles. The maximum Gasteiger partial charge on any atom is 0.229 e. The lowest BCUT2D eigenvalue weighted by Crippen LogP contribution is -2.46.